The van der Waals surface area contributed by atoms with E-state index in [2.05, 4.69) is 26.6 Å². The van der Waals surface area contributed by atoms with E-state index in [9.17, 15) is 0 Å². The van der Waals surface area contributed by atoms with Crippen molar-refractivity contribution in [2.75, 3.05) is 19.0 Å². The van der Waals surface area contributed by atoms with E-state index in [1.165, 1.54) is 0 Å². The number of hydrogen-bond acceptors (Lipinski definition) is 3. The van der Waals surface area contributed by atoms with Gasteiger partial charge in [0.15, 0.2) is 5.11 Å². The highest BCUT2D eigenvalue weighted by Crippen LogP contribution is 2.25. The molecule has 2 rings (SSSR count). The summed E-state index contributed by atoms with van der Waals surface area (Å²) in [7, 11) is 1.63. The number of halogens is 2. The number of benzene rings is 2. The van der Waals surface area contributed by atoms with Gasteiger partial charge in [-0.2, -0.15) is 0 Å². The second-order valence-corrected chi connectivity index (χ2v) is 6.78. The molecule has 0 heterocycles. The fraction of sp³-hybridized carbons (Fsp3) is 0.235. The molecule has 2 aromatic rings. The molecule has 0 amide bonds. The Kier molecular flexibility index (Phi) is 7.15. The summed E-state index contributed by atoms with van der Waals surface area (Å²) >= 11 is 14.7. The molecule has 2 aromatic carbocycles. The van der Waals surface area contributed by atoms with Gasteiger partial charge < -0.3 is 20.1 Å². The molecule has 1 atom stereocenters. The van der Waals surface area contributed by atoms with Gasteiger partial charge in [0.05, 0.1) is 18.2 Å². The molecule has 0 aliphatic rings. The molecule has 0 aromatic heterocycles. The van der Waals surface area contributed by atoms with Crippen LogP contribution in [-0.2, 0) is 0 Å². The van der Waals surface area contributed by atoms with E-state index in [1.54, 1.807) is 13.2 Å². The molecule has 128 valence electrons. The first kappa shape index (κ1) is 18.8. The number of thiocarbonyl (C=S) groups is 1. The van der Waals surface area contributed by atoms with Crippen molar-refractivity contribution in [3.05, 3.63) is 52.0 Å². The Balaban J connectivity index is 1.79. The van der Waals surface area contributed by atoms with Crippen LogP contribution in [0.4, 0.5) is 5.69 Å². The average molecular weight is 430 g/mol. The van der Waals surface area contributed by atoms with Gasteiger partial charge in [-0.1, -0.05) is 11.6 Å². The zero-order valence-electron chi connectivity index (χ0n) is 13.3. The maximum absolute atomic E-state index is 6.06. The quantitative estimate of drug-likeness (QED) is 0.642. The van der Waals surface area contributed by atoms with Crippen LogP contribution in [0.2, 0.25) is 5.02 Å². The molecule has 0 saturated heterocycles. The molecule has 24 heavy (non-hydrogen) atoms. The van der Waals surface area contributed by atoms with E-state index in [1.807, 2.05) is 43.3 Å². The summed E-state index contributed by atoms with van der Waals surface area (Å²) in [5.41, 5.74) is 0.823. The fourth-order valence-electron chi connectivity index (χ4n) is 1.90. The molecule has 2 N–H and O–H groups in total. The smallest absolute Gasteiger partial charge is 0.171 e. The predicted octanol–water partition coefficient (Wildman–Crippen LogP) is 4.87. The van der Waals surface area contributed by atoms with Gasteiger partial charge in [0.2, 0.25) is 0 Å². The Bertz CT molecular complexity index is 697. The topological polar surface area (TPSA) is 42.5 Å². The second-order valence-electron chi connectivity index (χ2n) is 5.11. The first-order valence-electron chi connectivity index (χ1n) is 7.27. The molecule has 7 heteroatoms. The number of anilines is 1. The SMILES string of the molecule is COc1ccc(OCC(C)NC(=S)Nc2ccc(Br)c(Cl)c2)cc1. The van der Waals surface area contributed by atoms with E-state index in [-0.39, 0.29) is 6.04 Å². The Labute approximate surface area is 160 Å². The fourth-order valence-corrected chi connectivity index (χ4v) is 2.65. The van der Waals surface area contributed by atoms with Crippen molar-refractivity contribution in [3.63, 3.8) is 0 Å². The van der Waals surface area contributed by atoms with Gasteiger partial charge in [-0.25, -0.2) is 0 Å². The number of rotatable bonds is 6. The molecule has 0 aliphatic carbocycles. The van der Waals surface area contributed by atoms with E-state index in [0.717, 1.165) is 21.7 Å². The highest BCUT2D eigenvalue weighted by atomic mass is 79.9. The minimum absolute atomic E-state index is 0.0398. The van der Waals surface area contributed by atoms with Crippen LogP contribution in [0.3, 0.4) is 0 Å². The van der Waals surface area contributed by atoms with Gasteiger partial charge in [0, 0.05) is 10.2 Å². The third-order valence-electron chi connectivity index (χ3n) is 3.11. The summed E-state index contributed by atoms with van der Waals surface area (Å²) in [6.45, 7) is 2.47. The van der Waals surface area contributed by atoms with Gasteiger partial charge >= 0.3 is 0 Å². The van der Waals surface area contributed by atoms with Crippen LogP contribution in [0.25, 0.3) is 0 Å². The van der Waals surface area contributed by atoms with Gasteiger partial charge in [-0.05, 0) is 77.5 Å². The summed E-state index contributed by atoms with van der Waals surface area (Å²) < 4.78 is 11.7. The Hall–Kier alpha value is -1.50. The number of nitrogens with one attached hydrogen (secondary N) is 2. The average Bonchev–Trinajstić information content (AvgIpc) is 2.56. The third-order valence-corrected chi connectivity index (χ3v) is 4.57. The standard InChI is InChI=1S/C17H18BrClN2O2S/c1-11(10-23-14-6-4-13(22-2)5-7-14)20-17(24)21-12-3-8-15(18)16(19)9-12/h3-9,11H,10H2,1-2H3,(H2,20,21,24). The second kappa shape index (κ2) is 9.11. The number of hydrogen-bond donors (Lipinski definition) is 2. The van der Waals surface area contributed by atoms with Crippen LogP contribution < -0.4 is 20.1 Å². The zero-order valence-corrected chi connectivity index (χ0v) is 16.5. The molecule has 4 nitrogen and oxygen atoms in total. The highest BCUT2D eigenvalue weighted by Gasteiger charge is 2.07. The Morgan fingerprint density at radius 3 is 2.50 bits per heavy atom. The highest BCUT2D eigenvalue weighted by molar-refractivity contribution is 9.10. The lowest BCUT2D eigenvalue weighted by atomic mass is 10.3. The predicted molar refractivity (Wildman–Crippen MR) is 106 cm³/mol. The van der Waals surface area contributed by atoms with Crippen LogP contribution >= 0.6 is 39.7 Å². The van der Waals surface area contributed by atoms with E-state index in [0.29, 0.717) is 16.7 Å². The molecule has 0 bridgehead atoms. The zero-order chi connectivity index (χ0) is 17.5. The van der Waals surface area contributed by atoms with Crippen LogP contribution in [0.1, 0.15) is 6.92 Å². The van der Waals surface area contributed by atoms with Gasteiger partial charge in [0.1, 0.15) is 18.1 Å². The van der Waals surface area contributed by atoms with Gasteiger partial charge in [-0.3, -0.25) is 0 Å². The minimum Gasteiger partial charge on any atom is -0.497 e. The lowest BCUT2D eigenvalue weighted by Gasteiger charge is -2.18. The van der Waals surface area contributed by atoms with Crippen LogP contribution in [0.5, 0.6) is 11.5 Å². The summed E-state index contributed by atoms with van der Waals surface area (Å²) in [6.07, 6.45) is 0. The monoisotopic (exact) mass is 428 g/mol. The summed E-state index contributed by atoms with van der Waals surface area (Å²) in [6, 6.07) is 13.0. The summed E-state index contributed by atoms with van der Waals surface area (Å²) in [5.74, 6) is 1.58. The van der Waals surface area contributed by atoms with Crippen molar-refractivity contribution in [2.45, 2.75) is 13.0 Å². The molecule has 1 unspecified atom stereocenters. The summed E-state index contributed by atoms with van der Waals surface area (Å²) in [4.78, 5) is 0. The first-order chi connectivity index (χ1) is 11.5. The van der Waals surface area contributed by atoms with Crippen molar-refractivity contribution in [1.82, 2.24) is 5.32 Å². The molecule has 0 saturated carbocycles. The molecule has 0 fully saturated rings. The number of ether oxygens (including phenoxy) is 2. The summed E-state index contributed by atoms with van der Waals surface area (Å²) in [5, 5.41) is 7.41. The molecule has 0 radical (unpaired) electrons. The minimum atomic E-state index is 0.0398. The maximum Gasteiger partial charge on any atom is 0.171 e. The Morgan fingerprint density at radius 2 is 1.88 bits per heavy atom. The van der Waals surface area contributed by atoms with E-state index >= 15 is 0 Å². The van der Waals surface area contributed by atoms with Crippen LogP contribution in [0.15, 0.2) is 46.9 Å². The molecular weight excluding hydrogens is 412 g/mol. The van der Waals surface area contributed by atoms with Crippen LogP contribution in [-0.4, -0.2) is 24.9 Å². The molecule has 0 aliphatic heterocycles. The van der Waals surface area contributed by atoms with Crippen molar-refractivity contribution in [3.8, 4) is 11.5 Å². The number of methoxy groups -OCH3 is 1. The van der Waals surface area contributed by atoms with Gasteiger partial charge in [-0.15, -0.1) is 0 Å². The van der Waals surface area contributed by atoms with Crippen molar-refractivity contribution in [2.24, 2.45) is 0 Å². The van der Waals surface area contributed by atoms with Crippen molar-refractivity contribution in [1.29, 1.82) is 0 Å². The largest absolute Gasteiger partial charge is 0.497 e. The maximum atomic E-state index is 6.06. The Morgan fingerprint density at radius 1 is 1.21 bits per heavy atom. The molecule has 0 spiro atoms. The van der Waals surface area contributed by atoms with Crippen LogP contribution in [0, 0.1) is 0 Å². The van der Waals surface area contributed by atoms with Crippen molar-refractivity contribution >= 4 is 50.5 Å². The van der Waals surface area contributed by atoms with Gasteiger partial charge in [0.25, 0.3) is 0 Å². The first-order valence-corrected chi connectivity index (χ1v) is 8.85. The lowest BCUT2D eigenvalue weighted by Crippen LogP contribution is -2.39. The molecular formula is C17H18BrClN2O2S. The van der Waals surface area contributed by atoms with Crippen molar-refractivity contribution < 1.29 is 9.47 Å². The lowest BCUT2D eigenvalue weighted by molar-refractivity contribution is 0.286. The third kappa shape index (κ3) is 5.85. The normalized spacial score (nSPS) is 11.5. The van der Waals surface area contributed by atoms with E-state index < -0.39 is 0 Å². The van der Waals surface area contributed by atoms with E-state index in [4.69, 9.17) is 33.3 Å².